The Kier molecular flexibility index (Phi) is 3.81. The standard InChI is InChI=1S/C13H14BrN3O/c1-8(2)9-3-5-10(6-4-9)18-12-11(14)7-16-13(15)17-12/h3-8H,1-2H3,(H2,15,16,17). The first-order valence-corrected chi connectivity index (χ1v) is 6.41. The van der Waals surface area contributed by atoms with Crippen molar-refractivity contribution in [2.24, 2.45) is 0 Å². The largest absolute Gasteiger partial charge is 0.438 e. The highest BCUT2D eigenvalue weighted by Gasteiger charge is 2.06. The molecule has 94 valence electrons. The van der Waals surface area contributed by atoms with E-state index in [1.54, 1.807) is 6.20 Å². The van der Waals surface area contributed by atoms with Gasteiger partial charge in [0.2, 0.25) is 11.8 Å². The number of ether oxygens (including phenoxy) is 1. The number of benzene rings is 1. The molecule has 1 aromatic heterocycles. The van der Waals surface area contributed by atoms with Gasteiger partial charge in [-0.2, -0.15) is 4.98 Å². The van der Waals surface area contributed by atoms with Gasteiger partial charge in [0.25, 0.3) is 0 Å². The Morgan fingerprint density at radius 3 is 2.50 bits per heavy atom. The number of hydrogen-bond acceptors (Lipinski definition) is 4. The van der Waals surface area contributed by atoms with E-state index >= 15 is 0 Å². The van der Waals surface area contributed by atoms with Crippen LogP contribution in [-0.2, 0) is 0 Å². The van der Waals surface area contributed by atoms with Crippen molar-refractivity contribution in [1.82, 2.24) is 9.97 Å². The minimum absolute atomic E-state index is 0.187. The Hall–Kier alpha value is -1.62. The summed E-state index contributed by atoms with van der Waals surface area (Å²) in [5.74, 6) is 1.82. The maximum atomic E-state index is 5.65. The molecule has 0 saturated heterocycles. The van der Waals surface area contributed by atoms with Crippen molar-refractivity contribution in [2.45, 2.75) is 19.8 Å². The molecule has 2 rings (SSSR count). The summed E-state index contributed by atoms with van der Waals surface area (Å²) in [5, 5.41) is 0. The van der Waals surface area contributed by atoms with Crippen LogP contribution in [0.4, 0.5) is 5.95 Å². The van der Waals surface area contributed by atoms with Crippen LogP contribution in [0.5, 0.6) is 11.6 Å². The van der Waals surface area contributed by atoms with Gasteiger partial charge in [-0.1, -0.05) is 26.0 Å². The zero-order valence-electron chi connectivity index (χ0n) is 10.2. The molecule has 0 spiro atoms. The number of aromatic nitrogens is 2. The topological polar surface area (TPSA) is 61.0 Å². The highest BCUT2D eigenvalue weighted by molar-refractivity contribution is 9.10. The molecule has 5 heteroatoms. The first kappa shape index (κ1) is 12.8. The predicted octanol–water partition coefficient (Wildman–Crippen LogP) is 3.74. The van der Waals surface area contributed by atoms with Crippen molar-refractivity contribution < 1.29 is 4.74 Å². The summed E-state index contributed by atoms with van der Waals surface area (Å²) >= 11 is 3.32. The Bertz CT molecular complexity index is 540. The van der Waals surface area contributed by atoms with Gasteiger partial charge in [0.15, 0.2) is 0 Å². The zero-order valence-corrected chi connectivity index (χ0v) is 11.8. The summed E-state index contributed by atoms with van der Waals surface area (Å²) < 4.78 is 6.32. The number of halogens is 1. The summed E-state index contributed by atoms with van der Waals surface area (Å²) in [6.07, 6.45) is 1.57. The smallest absolute Gasteiger partial charge is 0.238 e. The van der Waals surface area contributed by atoms with Crippen LogP contribution >= 0.6 is 15.9 Å². The van der Waals surface area contributed by atoms with Crippen LogP contribution in [0.1, 0.15) is 25.3 Å². The van der Waals surface area contributed by atoms with E-state index in [1.165, 1.54) is 5.56 Å². The van der Waals surface area contributed by atoms with E-state index < -0.39 is 0 Å². The van der Waals surface area contributed by atoms with E-state index in [0.29, 0.717) is 16.3 Å². The van der Waals surface area contributed by atoms with Crippen molar-refractivity contribution in [3.05, 3.63) is 40.5 Å². The average Bonchev–Trinajstić information content (AvgIpc) is 2.34. The number of nitrogens with two attached hydrogens (primary N) is 1. The molecule has 0 aliphatic heterocycles. The fourth-order valence-corrected chi connectivity index (χ4v) is 1.74. The van der Waals surface area contributed by atoms with Crippen molar-refractivity contribution in [1.29, 1.82) is 0 Å². The Morgan fingerprint density at radius 2 is 1.89 bits per heavy atom. The summed E-state index contributed by atoms with van der Waals surface area (Å²) in [7, 11) is 0. The molecule has 0 bridgehead atoms. The summed E-state index contributed by atoms with van der Waals surface area (Å²) in [6, 6.07) is 7.91. The molecule has 2 aromatic rings. The molecule has 18 heavy (non-hydrogen) atoms. The van der Waals surface area contributed by atoms with E-state index in [9.17, 15) is 0 Å². The number of nitrogen functional groups attached to an aromatic ring is 1. The van der Waals surface area contributed by atoms with Crippen LogP contribution in [-0.4, -0.2) is 9.97 Å². The number of anilines is 1. The van der Waals surface area contributed by atoms with E-state index in [0.717, 1.165) is 5.75 Å². The lowest BCUT2D eigenvalue weighted by Crippen LogP contribution is -1.97. The van der Waals surface area contributed by atoms with Gasteiger partial charge < -0.3 is 10.5 Å². The third-order valence-electron chi connectivity index (χ3n) is 2.49. The second-order valence-electron chi connectivity index (χ2n) is 4.21. The highest BCUT2D eigenvalue weighted by Crippen LogP contribution is 2.28. The molecule has 1 aromatic carbocycles. The van der Waals surface area contributed by atoms with Crippen molar-refractivity contribution >= 4 is 21.9 Å². The van der Waals surface area contributed by atoms with E-state index in [1.807, 2.05) is 24.3 Å². The lowest BCUT2D eigenvalue weighted by atomic mass is 10.0. The Labute approximate surface area is 114 Å². The second-order valence-corrected chi connectivity index (χ2v) is 5.06. The van der Waals surface area contributed by atoms with Crippen LogP contribution in [0, 0.1) is 0 Å². The van der Waals surface area contributed by atoms with E-state index in [4.69, 9.17) is 10.5 Å². The minimum atomic E-state index is 0.187. The van der Waals surface area contributed by atoms with Crippen LogP contribution in [0.2, 0.25) is 0 Å². The monoisotopic (exact) mass is 307 g/mol. The summed E-state index contributed by atoms with van der Waals surface area (Å²) in [4.78, 5) is 7.88. The molecular weight excluding hydrogens is 294 g/mol. The molecule has 4 nitrogen and oxygen atoms in total. The highest BCUT2D eigenvalue weighted by atomic mass is 79.9. The van der Waals surface area contributed by atoms with Crippen molar-refractivity contribution in [2.75, 3.05) is 5.73 Å². The average molecular weight is 308 g/mol. The predicted molar refractivity (Wildman–Crippen MR) is 74.7 cm³/mol. The summed E-state index contributed by atoms with van der Waals surface area (Å²) in [5.41, 5.74) is 6.79. The van der Waals surface area contributed by atoms with Gasteiger partial charge in [0, 0.05) is 0 Å². The SMILES string of the molecule is CC(C)c1ccc(Oc2nc(N)ncc2Br)cc1. The normalized spacial score (nSPS) is 10.7. The van der Waals surface area contributed by atoms with Crippen LogP contribution in [0.3, 0.4) is 0 Å². The number of rotatable bonds is 3. The molecule has 0 fully saturated rings. The zero-order chi connectivity index (χ0) is 13.1. The van der Waals surface area contributed by atoms with Crippen molar-refractivity contribution in [3.63, 3.8) is 0 Å². The third kappa shape index (κ3) is 2.98. The molecule has 0 saturated carbocycles. The van der Waals surface area contributed by atoms with Gasteiger partial charge in [0.1, 0.15) is 5.75 Å². The maximum Gasteiger partial charge on any atom is 0.238 e. The maximum absolute atomic E-state index is 5.65. The first-order chi connectivity index (χ1) is 8.56. The van der Waals surface area contributed by atoms with E-state index in [-0.39, 0.29) is 5.95 Å². The molecule has 1 heterocycles. The molecule has 2 N–H and O–H groups in total. The van der Waals surface area contributed by atoms with Gasteiger partial charge in [-0.25, -0.2) is 4.98 Å². The van der Waals surface area contributed by atoms with Crippen LogP contribution < -0.4 is 10.5 Å². The van der Waals surface area contributed by atoms with Gasteiger partial charge in [-0.15, -0.1) is 0 Å². The van der Waals surface area contributed by atoms with Crippen LogP contribution in [0.25, 0.3) is 0 Å². The van der Waals surface area contributed by atoms with E-state index in [2.05, 4.69) is 39.7 Å². The molecule has 0 atom stereocenters. The molecule has 0 aliphatic rings. The number of nitrogens with zero attached hydrogens (tertiary/aromatic N) is 2. The Morgan fingerprint density at radius 1 is 1.22 bits per heavy atom. The quantitative estimate of drug-likeness (QED) is 0.938. The fourth-order valence-electron chi connectivity index (χ4n) is 1.47. The fraction of sp³-hybridized carbons (Fsp3) is 0.231. The summed E-state index contributed by atoms with van der Waals surface area (Å²) in [6.45, 7) is 4.30. The second kappa shape index (κ2) is 5.35. The first-order valence-electron chi connectivity index (χ1n) is 5.62. The molecule has 0 radical (unpaired) electrons. The third-order valence-corrected chi connectivity index (χ3v) is 3.04. The minimum Gasteiger partial charge on any atom is -0.438 e. The molecule has 0 unspecified atom stereocenters. The molecular formula is C13H14BrN3O. The van der Waals surface area contributed by atoms with Crippen molar-refractivity contribution in [3.8, 4) is 11.6 Å². The molecule has 0 aliphatic carbocycles. The lowest BCUT2D eigenvalue weighted by molar-refractivity contribution is 0.459. The number of hydrogen-bond donors (Lipinski definition) is 1. The molecule has 0 amide bonds. The van der Waals surface area contributed by atoms with Crippen LogP contribution in [0.15, 0.2) is 34.9 Å². The Balaban J connectivity index is 2.21. The lowest BCUT2D eigenvalue weighted by Gasteiger charge is -2.09. The van der Waals surface area contributed by atoms with Gasteiger partial charge >= 0.3 is 0 Å². The van der Waals surface area contributed by atoms with Gasteiger partial charge in [-0.05, 0) is 39.5 Å². The van der Waals surface area contributed by atoms with Gasteiger partial charge in [0.05, 0.1) is 10.7 Å². The van der Waals surface area contributed by atoms with Gasteiger partial charge in [-0.3, -0.25) is 0 Å².